The summed E-state index contributed by atoms with van der Waals surface area (Å²) in [4.78, 5) is 14.3. The number of sulfonamides is 1. The smallest absolute Gasteiger partial charge is 0.261 e. The molecule has 29 heavy (non-hydrogen) atoms. The van der Waals surface area contributed by atoms with E-state index in [0.29, 0.717) is 16.8 Å². The Hall–Kier alpha value is -2.31. The number of likely N-dealkylation sites (N-methyl/N-ethyl adjacent to an activating group) is 1. The first-order valence-electron chi connectivity index (χ1n) is 9.69. The number of nitrogens with one attached hydrogen (secondary N) is 1. The standard InChI is InChI=1S/C22H25ClN2O3S/c1-25(18-7-3-2-4-8-18)22(26)16-13-17-11-14-19(15-12-17)29(27,28)24-21-10-6-5-9-20(21)23/h5-6,9-16,18,24H,2-4,7-8H2,1H3/b16-13+. The molecule has 1 amide bonds. The molecule has 0 spiro atoms. The summed E-state index contributed by atoms with van der Waals surface area (Å²) in [5.74, 6) is -0.0333. The number of para-hydroxylation sites is 1. The molecule has 0 unspecified atom stereocenters. The van der Waals surface area contributed by atoms with Gasteiger partial charge in [-0.25, -0.2) is 8.42 Å². The van der Waals surface area contributed by atoms with Gasteiger partial charge in [0, 0.05) is 19.2 Å². The molecule has 1 aliphatic carbocycles. The molecule has 0 heterocycles. The van der Waals surface area contributed by atoms with E-state index < -0.39 is 10.0 Å². The molecule has 0 radical (unpaired) electrons. The zero-order valence-electron chi connectivity index (χ0n) is 16.3. The van der Waals surface area contributed by atoms with Crippen LogP contribution in [0.1, 0.15) is 37.7 Å². The molecule has 3 rings (SSSR count). The molecular formula is C22H25ClN2O3S. The van der Waals surface area contributed by atoms with Crippen LogP contribution in [0, 0.1) is 0 Å². The number of carbonyl (C=O) groups excluding carboxylic acids is 1. The molecule has 5 nitrogen and oxygen atoms in total. The molecule has 1 fully saturated rings. The van der Waals surface area contributed by atoms with E-state index in [4.69, 9.17) is 11.6 Å². The van der Waals surface area contributed by atoms with E-state index in [2.05, 4.69) is 4.72 Å². The number of anilines is 1. The van der Waals surface area contributed by atoms with Gasteiger partial charge in [0.25, 0.3) is 10.0 Å². The molecule has 1 N–H and O–H groups in total. The second-order valence-corrected chi connectivity index (χ2v) is 9.32. The molecule has 154 valence electrons. The first kappa shape index (κ1) is 21.4. The molecule has 0 aromatic heterocycles. The van der Waals surface area contributed by atoms with Gasteiger partial charge in [-0.05, 0) is 48.7 Å². The minimum Gasteiger partial charge on any atom is -0.339 e. The van der Waals surface area contributed by atoms with E-state index in [1.165, 1.54) is 31.4 Å². The Kier molecular flexibility index (Phi) is 6.98. The van der Waals surface area contributed by atoms with E-state index in [1.807, 2.05) is 11.9 Å². The lowest BCUT2D eigenvalue weighted by Gasteiger charge is -2.30. The van der Waals surface area contributed by atoms with Crippen molar-refractivity contribution < 1.29 is 13.2 Å². The Bertz CT molecular complexity index is 981. The summed E-state index contributed by atoms with van der Waals surface area (Å²) in [6.07, 6.45) is 8.95. The van der Waals surface area contributed by atoms with E-state index >= 15 is 0 Å². The highest BCUT2D eigenvalue weighted by molar-refractivity contribution is 7.92. The van der Waals surface area contributed by atoms with E-state index in [0.717, 1.165) is 18.4 Å². The summed E-state index contributed by atoms with van der Waals surface area (Å²) in [6.45, 7) is 0. The molecule has 1 saturated carbocycles. The minimum absolute atomic E-state index is 0.0333. The molecule has 1 aliphatic rings. The summed E-state index contributed by atoms with van der Waals surface area (Å²) in [6, 6.07) is 13.3. The molecule has 0 atom stereocenters. The van der Waals surface area contributed by atoms with Gasteiger partial charge in [0.15, 0.2) is 0 Å². The topological polar surface area (TPSA) is 66.5 Å². The summed E-state index contributed by atoms with van der Waals surface area (Å²) < 4.78 is 27.6. The van der Waals surface area contributed by atoms with Crippen LogP contribution in [-0.4, -0.2) is 32.3 Å². The Morgan fingerprint density at radius 2 is 1.72 bits per heavy atom. The van der Waals surface area contributed by atoms with Crippen LogP contribution in [0.25, 0.3) is 6.08 Å². The molecule has 7 heteroatoms. The van der Waals surface area contributed by atoms with Crippen molar-refractivity contribution in [2.75, 3.05) is 11.8 Å². The third kappa shape index (κ3) is 5.61. The van der Waals surface area contributed by atoms with E-state index in [1.54, 1.807) is 48.6 Å². The van der Waals surface area contributed by atoms with Crippen molar-refractivity contribution in [2.24, 2.45) is 0 Å². The second-order valence-electron chi connectivity index (χ2n) is 7.23. The number of carbonyl (C=O) groups is 1. The molecule has 0 bridgehead atoms. The van der Waals surface area contributed by atoms with Crippen LogP contribution in [0.3, 0.4) is 0 Å². The monoisotopic (exact) mass is 432 g/mol. The van der Waals surface area contributed by atoms with Crippen molar-refractivity contribution in [2.45, 2.75) is 43.0 Å². The van der Waals surface area contributed by atoms with Crippen molar-refractivity contribution in [3.63, 3.8) is 0 Å². The average molecular weight is 433 g/mol. The maximum Gasteiger partial charge on any atom is 0.261 e. The third-order valence-corrected chi connectivity index (χ3v) is 6.91. The summed E-state index contributed by atoms with van der Waals surface area (Å²) in [5, 5.41) is 0.330. The normalized spacial score (nSPS) is 15.4. The van der Waals surface area contributed by atoms with Gasteiger partial charge in [0.2, 0.25) is 5.91 Å². The van der Waals surface area contributed by atoms with Crippen LogP contribution in [-0.2, 0) is 14.8 Å². The van der Waals surface area contributed by atoms with Gasteiger partial charge in [-0.2, -0.15) is 0 Å². The van der Waals surface area contributed by atoms with Gasteiger partial charge >= 0.3 is 0 Å². The molecule has 2 aromatic rings. The summed E-state index contributed by atoms with van der Waals surface area (Å²) in [5.41, 5.74) is 1.08. The van der Waals surface area contributed by atoms with Crippen molar-refractivity contribution in [3.8, 4) is 0 Å². The van der Waals surface area contributed by atoms with E-state index in [9.17, 15) is 13.2 Å². The van der Waals surface area contributed by atoms with Crippen molar-refractivity contribution in [3.05, 3.63) is 65.2 Å². The zero-order chi connectivity index (χ0) is 20.9. The van der Waals surface area contributed by atoms with Gasteiger partial charge in [-0.3, -0.25) is 9.52 Å². The highest BCUT2D eigenvalue weighted by Gasteiger charge is 2.20. The molecule has 2 aromatic carbocycles. The predicted molar refractivity (Wildman–Crippen MR) is 117 cm³/mol. The highest BCUT2D eigenvalue weighted by atomic mass is 35.5. The zero-order valence-corrected chi connectivity index (χ0v) is 17.9. The predicted octanol–water partition coefficient (Wildman–Crippen LogP) is 4.95. The van der Waals surface area contributed by atoms with Crippen LogP contribution in [0.2, 0.25) is 5.02 Å². The highest BCUT2D eigenvalue weighted by Crippen LogP contribution is 2.24. The van der Waals surface area contributed by atoms with Gasteiger partial charge in [-0.1, -0.05) is 55.1 Å². The minimum atomic E-state index is -3.75. The lowest BCUT2D eigenvalue weighted by atomic mass is 9.94. The lowest BCUT2D eigenvalue weighted by Crippen LogP contribution is -2.37. The lowest BCUT2D eigenvalue weighted by molar-refractivity contribution is -0.127. The fraction of sp³-hybridized carbons (Fsp3) is 0.318. The first-order chi connectivity index (χ1) is 13.9. The van der Waals surface area contributed by atoms with Crippen LogP contribution < -0.4 is 4.72 Å². The SMILES string of the molecule is CN(C(=O)/C=C/c1ccc(S(=O)(=O)Nc2ccccc2Cl)cc1)C1CCCCC1. The number of nitrogens with zero attached hydrogens (tertiary/aromatic N) is 1. The fourth-order valence-electron chi connectivity index (χ4n) is 3.44. The maximum absolute atomic E-state index is 12.5. The van der Waals surface area contributed by atoms with Crippen molar-refractivity contribution in [1.82, 2.24) is 4.90 Å². The van der Waals surface area contributed by atoms with Gasteiger partial charge in [-0.15, -0.1) is 0 Å². The van der Waals surface area contributed by atoms with Crippen molar-refractivity contribution >= 4 is 39.3 Å². The first-order valence-corrected chi connectivity index (χ1v) is 11.6. The van der Waals surface area contributed by atoms with Gasteiger partial charge in [0.05, 0.1) is 15.6 Å². The van der Waals surface area contributed by atoms with Crippen LogP contribution >= 0.6 is 11.6 Å². The number of benzene rings is 2. The Balaban J connectivity index is 1.65. The fourth-order valence-corrected chi connectivity index (χ4v) is 4.76. The van der Waals surface area contributed by atoms with Crippen LogP contribution in [0.15, 0.2) is 59.5 Å². The summed E-state index contributed by atoms with van der Waals surface area (Å²) >= 11 is 6.02. The Morgan fingerprint density at radius 3 is 2.38 bits per heavy atom. The number of amides is 1. The van der Waals surface area contributed by atoms with Gasteiger partial charge < -0.3 is 4.90 Å². The number of hydrogen-bond acceptors (Lipinski definition) is 3. The molecular weight excluding hydrogens is 408 g/mol. The second kappa shape index (κ2) is 9.46. The summed E-state index contributed by atoms with van der Waals surface area (Å²) in [7, 11) is -1.90. The Morgan fingerprint density at radius 1 is 1.07 bits per heavy atom. The Labute approximate surface area is 177 Å². The van der Waals surface area contributed by atoms with Crippen LogP contribution in [0.4, 0.5) is 5.69 Å². The number of hydrogen-bond donors (Lipinski definition) is 1. The molecule has 0 aliphatic heterocycles. The van der Waals surface area contributed by atoms with Crippen LogP contribution in [0.5, 0.6) is 0 Å². The largest absolute Gasteiger partial charge is 0.339 e. The van der Waals surface area contributed by atoms with E-state index in [-0.39, 0.29) is 10.8 Å². The third-order valence-electron chi connectivity index (χ3n) is 5.20. The number of rotatable bonds is 6. The number of halogens is 1. The van der Waals surface area contributed by atoms with Gasteiger partial charge in [0.1, 0.15) is 0 Å². The quantitative estimate of drug-likeness (QED) is 0.657. The maximum atomic E-state index is 12.5. The van der Waals surface area contributed by atoms with Crippen molar-refractivity contribution in [1.29, 1.82) is 0 Å². The average Bonchev–Trinajstić information content (AvgIpc) is 2.74. The molecule has 0 saturated heterocycles.